The largest absolute Gasteiger partial charge is 0.477 e. The van der Waals surface area contributed by atoms with E-state index in [-0.39, 0.29) is 17.4 Å². The van der Waals surface area contributed by atoms with Crippen LogP contribution in [0.5, 0.6) is 5.88 Å². The number of piperidine rings is 1. The van der Waals surface area contributed by atoms with E-state index < -0.39 is 17.6 Å². The SMILES string of the molecule is CCCOc1nc(N2CCCC(=NC(=O)OC(C)(C)C)C2)cc(Nc2ccc(C(=O)N3CCOCC3)cc2)c1C(N)=O. The fourth-order valence-corrected chi connectivity index (χ4v) is 4.66. The van der Waals surface area contributed by atoms with Gasteiger partial charge in [0.1, 0.15) is 17.0 Å². The average Bonchev–Trinajstić information content (AvgIpc) is 2.95. The fraction of sp³-hybridized carbons (Fsp3) is 0.500. The highest BCUT2D eigenvalue weighted by Gasteiger charge is 2.25. The number of hydrogen-bond acceptors (Lipinski definition) is 9. The number of benzene rings is 1. The molecule has 2 aromatic rings. The lowest BCUT2D eigenvalue weighted by Crippen LogP contribution is -2.40. The lowest BCUT2D eigenvalue weighted by atomic mass is 10.1. The van der Waals surface area contributed by atoms with Crippen molar-refractivity contribution in [2.24, 2.45) is 10.7 Å². The zero-order chi connectivity index (χ0) is 30.3. The standard InChI is InChI=1S/C30H40N6O6/c1-5-15-41-27-25(26(31)37)23(32-21-10-8-20(9-11-21)28(38)35-13-16-40-17-14-35)18-24(34-27)36-12-6-7-22(19-36)33-29(39)42-30(2,3)4/h8-11,18H,5-7,12-17,19H2,1-4H3,(H2,31,37)(H,32,34). The Morgan fingerprint density at radius 2 is 1.83 bits per heavy atom. The molecule has 2 aliphatic rings. The Morgan fingerprint density at radius 3 is 2.48 bits per heavy atom. The smallest absolute Gasteiger partial charge is 0.434 e. The molecule has 12 nitrogen and oxygen atoms in total. The van der Waals surface area contributed by atoms with Crippen LogP contribution in [0.15, 0.2) is 35.3 Å². The van der Waals surface area contributed by atoms with Gasteiger partial charge in [0.15, 0.2) is 0 Å². The number of anilines is 3. The Labute approximate surface area is 246 Å². The van der Waals surface area contributed by atoms with Crippen LogP contribution < -0.4 is 20.7 Å². The fourth-order valence-electron chi connectivity index (χ4n) is 4.66. The van der Waals surface area contributed by atoms with Crippen LogP contribution in [0.4, 0.5) is 22.0 Å². The minimum atomic E-state index is -0.687. The van der Waals surface area contributed by atoms with Gasteiger partial charge in [-0.25, -0.2) is 4.79 Å². The van der Waals surface area contributed by atoms with Crippen LogP contribution in [0.25, 0.3) is 0 Å². The van der Waals surface area contributed by atoms with E-state index >= 15 is 0 Å². The van der Waals surface area contributed by atoms with Gasteiger partial charge in [-0.3, -0.25) is 9.59 Å². The summed E-state index contributed by atoms with van der Waals surface area (Å²) in [5.74, 6) is -0.0744. The number of hydrogen-bond donors (Lipinski definition) is 2. The molecule has 0 radical (unpaired) electrons. The van der Waals surface area contributed by atoms with Gasteiger partial charge in [-0.15, -0.1) is 0 Å². The van der Waals surface area contributed by atoms with E-state index in [1.807, 2.05) is 11.8 Å². The lowest BCUT2D eigenvalue weighted by molar-refractivity contribution is 0.0303. The van der Waals surface area contributed by atoms with Gasteiger partial charge in [0.2, 0.25) is 5.88 Å². The van der Waals surface area contributed by atoms with Crippen molar-refractivity contribution in [2.75, 3.05) is 56.2 Å². The number of aromatic nitrogens is 1. The van der Waals surface area contributed by atoms with E-state index in [1.165, 1.54) is 0 Å². The minimum absolute atomic E-state index is 0.0573. The molecule has 3 heterocycles. The number of nitrogens with two attached hydrogens (primary N) is 1. The Balaban J connectivity index is 1.61. The summed E-state index contributed by atoms with van der Waals surface area (Å²) >= 11 is 0. The Bertz CT molecular complexity index is 1310. The third-order valence-electron chi connectivity index (χ3n) is 6.60. The summed E-state index contributed by atoms with van der Waals surface area (Å²) in [5, 5.41) is 3.27. The Kier molecular flexibility index (Phi) is 10.00. The maximum Gasteiger partial charge on any atom is 0.434 e. The molecular formula is C30H40N6O6. The van der Waals surface area contributed by atoms with Crippen LogP contribution in [0, 0.1) is 0 Å². The summed E-state index contributed by atoms with van der Waals surface area (Å²) in [6.07, 6.45) is 1.51. The first kappa shape index (κ1) is 30.8. The lowest BCUT2D eigenvalue weighted by Gasteiger charge is -2.30. The number of nitrogens with one attached hydrogen (secondary N) is 1. The molecule has 226 valence electrons. The molecule has 3 N–H and O–H groups in total. The summed E-state index contributed by atoms with van der Waals surface area (Å²) in [6, 6.07) is 8.77. The normalized spacial score (nSPS) is 16.7. The van der Waals surface area contributed by atoms with E-state index in [9.17, 15) is 14.4 Å². The molecule has 4 rings (SSSR count). The van der Waals surface area contributed by atoms with Crippen molar-refractivity contribution in [3.63, 3.8) is 0 Å². The number of amides is 3. The van der Waals surface area contributed by atoms with Crippen LogP contribution in [-0.2, 0) is 9.47 Å². The molecule has 42 heavy (non-hydrogen) atoms. The Morgan fingerprint density at radius 1 is 1.12 bits per heavy atom. The van der Waals surface area contributed by atoms with Gasteiger partial charge in [-0.2, -0.15) is 9.98 Å². The van der Waals surface area contributed by atoms with E-state index in [4.69, 9.17) is 19.9 Å². The van der Waals surface area contributed by atoms with Crippen LogP contribution in [-0.4, -0.2) is 85.1 Å². The van der Waals surface area contributed by atoms with Crippen molar-refractivity contribution in [3.05, 3.63) is 41.5 Å². The van der Waals surface area contributed by atoms with Crippen molar-refractivity contribution < 1.29 is 28.6 Å². The Hall–Kier alpha value is -4.19. The third-order valence-corrected chi connectivity index (χ3v) is 6.60. The quantitative estimate of drug-likeness (QED) is 0.469. The highest BCUT2D eigenvalue weighted by molar-refractivity contribution is 6.02. The second kappa shape index (κ2) is 13.6. The monoisotopic (exact) mass is 580 g/mol. The summed E-state index contributed by atoms with van der Waals surface area (Å²) in [6.45, 7) is 10.9. The molecule has 0 spiro atoms. The van der Waals surface area contributed by atoms with Gasteiger partial charge >= 0.3 is 6.09 Å². The second-order valence-electron chi connectivity index (χ2n) is 11.2. The molecule has 1 aromatic carbocycles. The summed E-state index contributed by atoms with van der Waals surface area (Å²) in [7, 11) is 0. The molecule has 0 bridgehead atoms. The van der Waals surface area contributed by atoms with Crippen LogP contribution >= 0.6 is 0 Å². The molecule has 2 fully saturated rings. The average molecular weight is 581 g/mol. The first-order chi connectivity index (χ1) is 20.0. The zero-order valence-electron chi connectivity index (χ0n) is 24.8. The summed E-state index contributed by atoms with van der Waals surface area (Å²) in [5.41, 5.74) is 7.60. The maximum atomic E-state index is 12.9. The highest BCUT2D eigenvalue weighted by atomic mass is 16.6. The first-order valence-corrected chi connectivity index (χ1v) is 14.3. The number of rotatable bonds is 8. The molecule has 12 heteroatoms. The van der Waals surface area contributed by atoms with Gasteiger partial charge in [0.25, 0.3) is 11.8 Å². The number of primary amides is 1. The van der Waals surface area contributed by atoms with Crippen molar-refractivity contribution in [3.8, 4) is 5.88 Å². The summed E-state index contributed by atoms with van der Waals surface area (Å²) in [4.78, 5) is 50.4. The van der Waals surface area contributed by atoms with E-state index in [2.05, 4.69) is 15.3 Å². The van der Waals surface area contributed by atoms with Crippen molar-refractivity contribution in [2.45, 2.75) is 52.6 Å². The number of pyridine rings is 1. The van der Waals surface area contributed by atoms with Gasteiger partial charge < -0.3 is 35.1 Å². The van der Waals surface area contributed by atoms with Crippen LogP contribution in [0.3, 0.4) is 0 Å². The molecule has 0 aliphatic carbocycles. The van der Waals surface area contributed by atoms with Crippen molar-refractivity contribution in [1.82, 2.24) is 9.88 Å². The van der Waals surface area contributed by atoms with E-state index in [1.54, 1.807) is 56.0 Å². The number of carbonyl (C=O) groups is 3. The summed E-state index contributed by atoms with van der Waals surface area (Å²) < 4.78 is 16.6. The predicted molar refractivity (Wildman–Crippen MR) is 160 cm³/mol. The molecule has 2 aliphatic heterocycles. The number of carbonyl (C=O) groups excluding carboxylic acids is 3. The molecule has 0 saturated carbocycles. The number of nitrogens with zero attached hydrogens (tertiary/aromatic N) is 4. The van der Waals surface area contributed by atoms with E-state index in [0.29, 0.717) is 87.3 Å². The molecule has 2 saturated heterocycles. The van der Waals surface area contributed by atoms with E-state index in [0.717, 1.165) is 6.42 Å². The predicted octanol–water partition coefficient (Wildman–Crippen LogP) is 4.16. The zero-order valence-corrected chi connectivity index (χ0v) is 24.8. The highest BCUT2D eigenvalue weighted by Crippen LogP contribution is 2.33. The number of aliphatic imine (C=N–C) groups is 1. The molecule has 0 atom stereocenters. The third kappa shape index (κ3) is 8.19. The van der Waals surface area contributed by atoms with Crippen molar-refractivity contribution >= 4 is 40.8 Å². The van der Waals surface area contributed by atoms with Gasteiger partial charge in [0.05, 0.1) is 32.1 Å². The van der Waals surface area contributed by atoms with Crippen molar-refractivity contribution in [1.29, 1.82) is 0 Å². The molecular weight excluding hydrogens is 540 g/mol. The van der Waals surface area contributed by atoms with Gasteiger partial charge in [-0.1, -0.05) is 6.92 Å². The first-order valence-electron chi connectivity index (χ1n) is 14.3. The van der Waals surface area contributed by atoms with Crippen LogP contribution in [0.2, 0.25) is 0 Å². The minimum Gasteiger partial charge on any atom is -0.477 e. The molecule has 1 aromatic heterocycles. The van der Waals surface area contributed by atoms with Gasteiger partial charge in [-0.05, 0) is 64.3 Å². The molecule has 3 amide bonds. The van der Waals surface area contributed by atoms with Crippen LogP contribution in [0.1, 0.15) is 67.7 Å². The topological polar surface area (TPSA) is 149 Å². The number of ether oxygens (including phenoxy) is 3. The maximum absolute atomic E-state index is 12.9. The second-order valence-corrected chi connectivity index (χ2v) is 11.2. The number of morpholine rings is 1. The van der Waals surface area contributed by atoms with Gasteiger partial charge in [0, 0.05) is 42.7 Å². The molecule has 0 unspecified atom stereocenters.